The molecule has 0 unspecified atom stereocenters. The molecule has 0 saturated heterocycles. The van der Waals surface area contributed by atoms with Crippen LogP contribution in [0.5, 0.6) is 0 Å². The van der Waals surface area contributed by atoms with Gasteiger partial charge in [0, 0.05) is 6.04 Å². The van der Waals surface area contributed by atoms with Gasteiger partial charge < -0.3 is 10.2 Å². The van der Waals surface area contributed by atoms with Crippen molar-refractivity contribution in [3.8, 4) is 0 Å². The molecule has 1 N–H and O–H groups in total. The number of halogens is 4. The van der Waals surface area contributed by atoms with Crippen molar-refractivity contribution in [3.05, 3.63) is 35.1 Å². The molecule has 0 aromatic heterocycles. The summed E-state index contributed by atoms with van der Waals surface area (Å²) in [7, 11) is 3.72. The number of carbonyl (C=O) groups is 1. The number of amides is 1. The summed E-state index contributed by atoms with van der Waals surface area (Å²) in [5.41, 5.74) is -2.03. The van der Waals surface area contributed by atoms with Crippen LogP contribution in [0.25, 0.3) is 0 Å². The molecule has 21 heavy (non-hydrogen) atoms. The van der Waals surface area contributed by atoms with E-state index in [1.165, 1.54) is 0 Å². The normalized spacial score (nSPS) is 13.3. The van der Waals surface area contributed by atoms with Crippen LogP contribution in [0.3, 0.4) is 0 Å². The molecule has 1 aromatic carbocycles. The highest BCUT2D eigenvalue weighted by Gasteiger charge is 2.35. The Morgan fingerprint density at radius 1 is 1.33 bits per heavy atom. The van der Waals surface area contributed by atoms with Crippen molar-refractivity contribution in [1.82, 2.24) is 10.2 Å². The van der Waals surface area contributed by atoms with Gasteiger partial charge in [0.1, 0.15) is 5.82 Å². The molecule has 0 radical (unpaired) electrons. The zero-order valence-corrected chi connectivity index (χ0v) is 12.1. The highest BCUT2D eigenvalue weighted by Crippen LogP contribution is 2.32. The number of hydrogen-bond donors (Lipinski definition) is 1. The van der Waals surface area contributed by atoms with Crippen molar-refractivity contribution in [2.24, 2.45) is 0 Å². The molecule has 0 bridgehead atoms. The lowest BCUT2D eigenvalue weighted by Gasteiger charge is -2.17. The Hall–Kier alpha value is -1.63. The van der Waals surface area contributed by atoms with Crippen molar-refractivity contribution in [3.63, 3.8) is 0 Å². The Bertz CT molecular complexity index is 500. The van der Waals surface area contributed by atoms with E-state index >= 15 is 0 Å². The van der Waals surface area contributed by atoms with Gasteiger partial charge in [0.15, 0.2) is 0 Å². The van der Waals surface area contributed by atoms with Crippen LogP contribution in [0.4, 0.5) is 17.6 Å². The van der Waals surface area contributed by atoms with E-state index in [-0.39, 0.29) is 6.04 Å². The second-order valence-corrected chi connectivity index (χ2v) is 5.13. The van der Waals surface area contributed by atoms with E-state index < -0.39 is 29.0 Å². The first-order chi connectivity index (χ1) is 9.62. The molecular weight excluding hydrogens is 288 g/mol. The van der Waals surface area contributed by atoms with Crippen LogP contribution in [0.2, 0.25) is 0 Å². The van der Waals surface area contributed by atoms with Crippen LogP contribution in [-0.4, -0.2) is 37.5 Å². The molecule has 0 fully saturated rings. The van der Waals surface area contributed by atoms with E-state index in [9.17, 15) is 22.4 Å². The maximum absolute atomic E-state index is 13.8. The third-order valence-corrected chi connectivity index (χ3v) is 2.94. The average Bonchev–Trinajstić information content (AvgIpc) is 2.35. The summed E-state index contributed by atoms with van der Waals surface area (Å²) in [6.45, 7) is 2.42. The summed E-state index contributed by atoms with van der Waals surface area (Å²) >= 11 is 0. The molecule has 1 amide bonds. The predicted octanol–water partition coefficient (Wildman–Crippen LogP) is 2.91. The summed E-state index contributed by atoms with van der Waals surface area (Å²) < 4.78 is 51.6. The predicted molar refractivity (Wildman–Crippen MR) is 71.5 cm³/mol. The Morgan fingerprint density at radius 3 is 2.48 bits per heavy atom. The SMILES string of the molecule is C[C@H](CCN(C)C)NC(=O)c1cccc(C(F)(F)F)c1F. The minimum absolute atomic E-state index is 0.270. The first kappa shape index (κ1) is 17.4. The van der Waals surface area contributed by atoms with Crippen molar-refractivity contribution in [2.45, 2.75) is 25.6 Å². The Kier molecular flexibility index (Phi) is 5.71. The molecule has 0 aliphatic heterocycles. The lowest BCUT2D eigenvalue weighted by atomic mass is 10.1. The maximum Gasteiger partial charge on any atom is 0.419 e. The van der Waals surface area contributed by atoms with Gasteiger partial charge in [-0.25, -0.2) is 4.39 Å². The average molecular weight is 306 g/mol. The number of carbonyl (C=O) groups excluding carboxylic acids is 1. The molecule has 0 aliphatic carbocycles. The van der Waals surface area contributed by atoms with Crippen LogP contribution < -0.4 is 5.32 Å². The van der Waals surface area contributed by atoms with E-state index in [4.69, 9.17) is 0 Å². The topological polar surface area (TPSA) is 32.3 Å². The fraction of sp³-hybridized carbons (Fsp3) is 0.500. The second-order valence-electron chi connectivity index (χ2n) is 5.13. The number of nitrogens with zero attached hydrogens (tertiary/aromatic N) is 1. The molecule has 7 heteroatoms. The van der Waals surface area contributed by atoms with Gasteiger partial charge >= 0.3 is 6.18 Å². The fourth-order valence-corrected chi connectivity index (χ4v) is 1.75. The molecule has 3 nitrogen and oxygen atoms in total. The molecule has 0 heterocycles. The number of hydrogen-bond acceptors (Lipinski definition) is 2. The third kappa shape index (κ3) is 5.00. The zero-order chi connectivity index (χ0) is 16.2. The lowest BCUT2D eigenvalue weighted by Crippen LogP contribution is -2.35. The number of nitrogens with one attached hydrogen (secondary N) is 1. The molecule has 0 spiro atoms. The molecular formula is C14H18F4N2O. The van der Waals surface area contributed by atoms with E-state index in [0.717, 1.165) is 12.1 Å². The quantitative estimate of drug-likeness (QED) is 0.848. The third-order valence-electron chi connectivity index (χ3n) is 2.94. The minimum atomic E-state index is -4.82. The van der Waals surface area contributed by atoms with Crippen molar-refractivity contribution in [1.29, 1.82) is 0 Å². The van der Waals surface area contributed by atoms with Gasteiger partial charge in [0.2, 0.25) is 0 Å². The van der Waals surface area contributed by atoms with Crippen LogP contribution in [0, 0.1) is 5.82 Å². The molecule has 118 valence electrons. The highest BCUT2D eigenvalue weighted by atomic mass is 19.4. The molecule has 1 atom stereocenters. The maximum atomic E-state index is 13.8. The van der Waals surface area contributed by atoms with E-state index in [2.05, 4.69) is 5.32 Å². The van der Waals surface area contributed by atoms with Crippen molar-refractivity contribution < 1.29 is 22.4 Å². The smallest absolute Gasteiger partial charge is 0.349 e. The molecule has 0 saturated carbocycles. The van der Waals surface area contributed by atoms with Crippen LogP contribution in [0.1, 0.15) is 29.3 Å². The first-order valence-corrected chi connectivity index (χ1v) is 6.44. The number of benzene rings is 1. The second kappa shape index (κ2) is 6.89. The summed E-state index contributed by atoms with van der Waals surface area (Å²) in [6, 6.07) is 2.40. The minimum Gasteiger partial charge on any atom is -0.349 e. The highest BCUT2D eigenvalue weighted by molar-refractivity contribution is 5.94. The van der Waals surface area contributed by atoms with Gasteiger partial charge in [-0.3, -0.25) is 4.79 Å². The zero-order valence-electron chi connectivity index (χ0n) is 12.1. The van der Waals surface area contributed by atoms with Gasteiger partial charge in [-0.2, -0.15) is 13.2 Å². The monoisotopic (exact) mass is 306 g/mol. The van der Waals surface area contributed by atoms with Gasteiger partial charge in [-0.15, -0.1) is 0 Å². The number of rotatable bonds is 5. The molecule has 1 rings (SSSR count). The summed E-state index contributed by atoms with van der Waals surface area (Å²) in [5, 5.41) is 2.50. The van der Waals surface area contributed by atoms with Gasteiger partial charge in [-0.1, -0.05) is 6.07 Å². The lowest BCUT2D eigenvalue weighted by molar-refractivity contribution is -0.140. The first-order valence-electron chi connectivity index (χ1n) is 6.44. The van der Waals surface area contributed by atoms with E-state index in [1.54, 1.807) is 6.92 Å². The van der Waals surface area contributed by atoms with Gasteiger partial charge in [0.25, 0.3) is 5.91 Å². The Labute approximate surface area is 120 Å². The molecule has 1 aromatic rings. The number of alkyl halides is 3. The summed E-state index contributed by atoms with van der Waals surface area (Å²) in [5.74, 6) is -2.38. The van der Waals surface area contributed by atoms with Gasteiger partial charge in [0.05, 0.1) is 11.1 Å². The van der Waals surface area contributed by atoms with Crippen LogP contribution >= 0.6 is 0 Å². The molecule has 0 aliphatic rings. The van der Waals surface area contributed by atoms with Crippen molar-refractivity contribution >= 4 is 5.91 Å². The fourth-order valence-electron chi connectivity index (χ4n) is 1.75. The van der Waals surface area contributed by atoms with Crippen LogP contribution in [0.15, 0.2) is 18.2 Å². The van der Waals surface area contributed by atoms with E-state index in [1.807, 2.05) is 19.0 Å². The standard InChI is InChI=1S/C14H18F4N2O/c1-9(7-8-20(2)3)19-13(21)10-5-4-6-11(12(10)15)14(16,17)18/h4-6,9H,7-8H2,1-3H3,(H,19,21)/t9-/m1/s1. The van der Waals surface area contributed by atoms with Gasteiger partial charge in [-0.05, 0) is 46.1 Å². The van der Waals surface area contributed by atoms with E-state index in [0.29, 0.717) is 19.0 Å². The summed E-state index contributed by atoms with van der Waals surface area (Å²) in [6.07, 6.45) is -4.21. The van der Waals surface area contributed by atoms with Crippen LogP contribution in [-0.2, 0) is 6.18 Å². The largest absolute Gasteiger partial charge is 0.419 e. The Balaban J connectivity index is 2.84. The Morgan fingerprint density at radius 2 is 1.95 bits per heavy atom. The summed E-state index contributed by atoms with van der Waals surface area (Å²) in [4.78, 5) is 13.8. The van der Waals surface area contributed by atoms with Crippen molar-refractivity contribution in [2.75, 3.05) is 20.6 Å².